The van der Waals surface area contributed by atoms with Crippen LogP contribution in [0.2, 0.25) is 0 Å². The third-order valence-electron chi connectivity index (χ3n) is 11.2. The van der Waals surface area contributed by atoms with Crippen molar-refractivity contribution in [2.24, 2.45) is 4.99 Å². The van der Waals surface area contributed by atoms with E-state index in [9.17, 15) is 40.3 Å². The van der Waals surface area contributed by atoms with E-state index in [2.05, 4.69) is 4.90 Å². The predicted molar refractivity (Wildman–Crippen MR) is 216 cm³/mol. The Morgan fingerprint density at radius 2 is 1.58 bits per heavy atom. The van der Waals surface area contributed by atoms with Crippen LogP contribution >= 0.6 is 0 Å². The van der Waals surface area contributed by atoms with Crippen LogP contribution < -0.4 is 20.2 Å². The van der Waals surface area contributed by atoms with Crippen LogP contribution in [0.4, 0.5) is 5.69 Å². The molecule has 6 heterocycles. The molecule has 59 heavy (non-hydrogen) atoms. The molecular weight excluding hydrogens is 803 g/mol. The van der Waals surface area contributed by atoms with Crippen molar-refractivity contribution in [2.75, 3.05) is 23.0 Å². The van der Waals surface area contributed by atoms with E-state index >= 15 is 0 Å². The Morgan fingerprint density at radius 3 is 2.27 bits per heavy atom. The topological polar surface area (TPSA) is 215 Å². The molecule has 0 atom stereocenters. The number of unbranched alkanes of at least 4 members (excludes halogenated alkanes) is 2. The number of imidazole rings is 1. The smallest absolute Gasteiger partial charge is 0.333 e. The van der Waals surface area contributed by atoms with Crippen molar-refractivity contribution in [1.82, 2.24) is 14.6 Å². The predicted octanol–water partition coefficient (Wildman–Crippen LogP) is 3.90. The Bertz CT molecular complexity index is 2750. The normalized spacial score (nSPS) is 18.8. The second kappa shape index (κ2) is 14.5. The lowest BCUT2D eigenvalue weighted by Crippen LogP contribution is -2.48. The number of rotatable bonds is 12. The number of aromatic nitrogens is 2. The van der Waals surface area contributed by atoms with Gasteiger partial charge in [0.05, 0.1) is 22.1 Å². The first kappa shape index (κ1) is 40.6. The first-order valence-electron chi connectivity index (χ1n) is 19.5. The number of imide groups is 1. The average molecular weight is 848 g/mol. The lowest BCUT2D eigenvalue weighted by Gasteiger charge is -2.47. The highest BCUT2D eigenvalue weighted by Crippen LogP contribution is 2.52. The molecule has 1 fully saturated rings. The fourth-order valence-corrected chi connectivity index (χ4v) is 10.2. The number of nitrogens with zero attached hydrogens (tertiary/aromatic N) is 5. The summed E-state index contributed by atoms with van der Waals surface area (Å²) in [5.41, 5.74) is 3.57. The van der Waals surface area contributed by atoms with Crippen molar-refractivity contribution in [1.29, 1.82) is 0 Å². The van der Waals surface area contributed by atoms with Crippen LogP contribution in [0.15, 0.2) is 47.7 Å². The van der Waals surface area contributed by atoms with E-state index in [-0.39, 0.29) is 19.3 Å². The molecule has 5 aliphatic rings. The van der Waals surface area contributed by atoms with Gasteiger partial charge in [0.1, 0.15) is 28.8 Å². The maximum absolute atomic E-state index is 12.4. The monoisotopic (exact) mass is 847 g/mol. The number of aryl methyl sites for hydroxylation is 1. The molecular formula is C41H45N5O11S2. The molecule has 16 nitrogen and oxygen atoms in total. The highest BCUT2D eigenvalue weighted by atomic mass is 32.2. The average Bonchev–Trinajstić information content (AvgIpc) is 3.71. The number of ether oxygens (including phenoxy) is 1. The number of fused-ring (bicyclic) bond motifs is 4. The van der Waals surface area contributed by atoms with Crippen molar-refractivity contribution in [3.8, 4) is 11.5 Å². The molecule has 0 bridgehead atoms. The lowest BCUT2D eigenvalue weighted by atomic mass is 9.80. The van der Waals surface area contributed by atoms with Gasteiger partial charge in [-0.3, -0.25) is 23.7 Å². The second-order valence-corrected chi connectivity index (χ2v) is 19.6. The molecule has 0 unspecified atom stereocenters. The van der Waals surface area contributed by atoms with Gasteiger partial charge >= 0.3 is 5.97 Å². The Balaban J connectivity index is 1.24. The Kier molecular flexibility index (Phi) is 10.00. The van der Waals surface area contributed by atoms with E-state index in [0.717, 1.165) is 24.2 Å². The van der Waals surface area contributed by atoms with Crippen molar-refractivity contribution in [2.45, 2.75) is 96.7 Å². The summed E-state index contributed by atoms with van der Waals surface area (Å²) in [6.45, 7) is 8.88. The van der Waals surface area contributed by atoms with Crippen LogP contribution in [-0.4, -0.2) is 87.5 Å². The minimum atomic E-state index is -4.44. The molecule has 0 saturated carbocycles. The van der Waals surface area contributed by atoms with Crippen molar-refractivity contribution in [3.05, 3.63) is 81.4 Å². The number of amides is 2. The zero-order chi connectivity index (χ0) is 42.2. The first-order chi connectivity index (χ1) is 27.7. The summed E-state index contributed by atoms with van der Waals surface area (Å²) in [5, 5.41) is 1.61. The second-order valence-electron chi connectivity index (χ2n) is 16.7. The van der Waals surface area contributed by atoms with Crippen LogP contribution in [0.25, 0.3) is 16.7 Å². The van der Waals surface area contributed by atoms with Gasteiger partial charge in [0.15, 0.2) is 0 Å². The number of carbonyl (C=O) groups is 3. The summed E-state index contributed by atoms with van der Waals surface area (Å²) in [4.78, 5) is 53.1. The largest absolute Gasteiger partial charge is 0.456 e. The Labute approximate surface area is 341 Å². The van der Waals surface area contributed by atoms with Gasteiger partial charge in [-0.15, -0.1) is 5.06 Å². The molecule has 8 rings (SSSR count). The molecule has 5 aliphatic heterocycles. The molecule has 2 aromatic carbocycles. The van der Waals surface area contributed by atoms with Gasteiger partial charge in [-0.25, -0.2) is 9.78 Å². The quantitative estimate of drug-likeness (QED) is 0.118. The molecule has 0 radical (unpaired) electrons. The number of anilines is 1. The van der Waals surface area contributed by atoms with E-state index in [1.807, 2.05) is 50.6 Å². The molecule has 0 aliphatic carbocycles. The fourth-order valence-electron chi connectivity index (χ4n) is 8.91. The molecule has 0 spiro atoms. The summed E-state index contributed by atoms with van der Waals surface area (Å²) < 4.78 is 78.4. The highest BCUT2D eigenvalue weighted by molar-refractivity contribution is 7.86. The zero-order valence-corrected chi connectivity index (χ0v) is 34.8. The van der Waals surface area contributed by atoms with E-state index in [0.29, 0.717) is 98.6 Å². The van der Waals surface area contributed by atoms with Gasteiger partial charge in [-0.2, -0.15) is 16.8 Å². The highest BCUT2D eigenvalue weighted by Gasteiger charge is 2.41. The summed E-state index contributed by atoms with van der Waals surface area (Å²) >= 11 is 0. The maximum Gasteiger partial charge on any atom is 0.333 e. The van der Waals surface area contributed by atoms with Gasteiger partial charge in [-0.1, -0.05) is 18.6 Å². The lowest BCUT2D eigenvalue weighted by molar-refractivity contribution is -0.197. The molecule has 2 N–H and O–H groups in total. The number of hydrogen-bond acceptors (Lipinski definition) is 12. The van der Waals surface area contributed by atoms with Gasteiger partial charge in [0.2, 0.25) is 0 Å². The molecule has 1 saturated heterocycles. The van der Waals surface area contributed by atoms with Gasteiger partial charge in [-0.05, 0) is 76.7 Å². The van der Waals surface area contributed by atoms with Crippen molar-refractivity contribution in [3.63, 3.8) is 0 Å². The van der Waals surface area contributed by atoms with Crippen LogP contribution in [-0.2, 0) is 52.4 Å². The summed E-state index contributed by atoms with van der Waals surface area (Å²) in [7, 11) is -8.87. The van der Waals surface area contributed by atoms with Crippen LogP contribution in [0.1, 0.15) is 101 Å². The van der Waals surface area contributed by atoms with E-state index in [1.165, 1.54) is 0 Å². The maximum atomic E-state index is 12.4. The van der Waals surface area contributed by atoms with Gasteiger partial charge in [0, 0.05) is 83.9 Å². The third kappa shape index (κ3) is 7.97. The van der Waals surface area contributed by atoms with Crippen LogP contribution in [0.3, 0.4) is 0 Å². The third-order valence-corrected chi connectivity index (χ3v) is 12.6. The molecule has 2 amide bonds. The number of carbonyl (C=O) groups excluding carboxylic acids is 3. The first-order valence-corrected chi connectivity index (χ1v) is 22.8. The van der Waals surface area contributed by atoms with Gasteiger partial charge in [0.25, 0.3) is 32.1 Å². The van der Waals surface area contributed by atoms with E-state index in [1.54, 1.807) is 24.4 Å². The number of hydrogen-bond donors (Lipinski definition) is 2. The molecule has 18 heteroatoms. The van der Waals surface area contributed by atoms with Crippen molar-refractivity contribution >= 4 is 60.4 Å². The number of hydroxylamine groups is 2. The van der Waals surface area contributed by atoms with E-state index in [4.69, 9.17) is 19.6 Å². The summed E-state index contributed by atoms with van der Waals surface area (Å²) in [6, 6.07) is 5.47. The molecule has 3 aromatic rings. The summed E-state index contributed by atoms with van der Waals surface area (Å²) in [6.07, 6.45) is 10.2. The fraction of sp³-hybridized carbons (Fsp3) is 0.439. The Hall–Kier alpha value is -5.17. The Morgan fingerprint density at radius 1 is 0.881 bits per heavy atom. The van der Waals surface area contributed by atoms with Crippen molar-refractivity contribution < 1.29 is 49.9 Å². The summed E-state index contributed by atoms with van der Waals surface area (Å²) in [5.74, 6) is -1.39. The number of benzene rings is 2. The SMILES string of the molecule is CC1(C)C=C(CS(=O)(=O)O)c2cc3c(cc2=N1)Oc1c(cc2c4c1CCCN4C(C)(C)C=C2CS(=O)(=O)O)C=3c1nccn1CCCCCC(=O)ON1C(=O)CCC1=O. The minimum absolute atomic E-state index is 0.0107. The molecule has 312 valence electrons. The van der Waals surface area contributed by atoms with E-state index < -0.39 is 60.6 Å². The standard InChI is InChI=1S/C41H45N5O11S2/c1-40(2)20-24(22-58(50,51)52)27-17-29-32(19-31(27)43-40)56-38-26-9-8-15-45-37(26)28(25(21-41(45,3)4)23-59(53,54)55)18-30(38)36(29)39-42-13-16-44(39)14-7-5-6-10-35(49)57-46-33(47)11-12-34(46)48/h13,16-21H,5-12,14-15,22-23H2,1-4H3,(H,50,51,52)(H,53,54,55). The molecule has 1 aromatic heterocycles. The zero-order valence-electron chi connectivity index (χ0n) is 33.1. The van der Waals surface area contributed by atoms with Crippen LogP contribution in [0.5, 0.6) is 11.5 Å². The minimum Gasteiger partial charge on any atom is -0.456 e. The van der Waals surface area contributed by atoms with Crippen LogP contribution in [0, 0.1) is 0 Å². The van der Waals surface area contributed by atoms with Gasteiger partial charge < -0.3 is 19.0 Å².